The van der Waals surface area contributed by atoms with Crippen molar-refractivity contribution in [3.63, 3.8) is 0 Å². The van der Waals surface area contributed by atoms with Crippen LogP contribution < -0.4 is 10.9 Å². The molecule has 0 saturated heterocycles. The van der Waals surface area contributed by atoms with Gasteiger partial charge in [-0.2, -0.15) is 23.4 Å². The smallest absolute Gasteiger partial charge is 0.272 e. The van der Waals surface area contributed by atoms with Crippen LogP contribution in [0, 0.1) is 6.92 Å². The topological polar surface area (TPSA) is 105 Å². The van der Waals surface area contributed by atoms with Crippen LogP contribution in [0.2, 0.25) is 0 Å². The Morgan fingerprint density at radius 3 is 2.50 bits per heavy atom. The molecule has 0 unspecified atom stereocenters. The molecular weight excluding hydrogens is 377 g/mol. The Labute approximate surface area is 156 Å². The van der Waals surface area contributed by atoms with Crippen LogP contribution in [0.3, 0.4) is 0 Å². The first-order valence-corrected chi connectivity index (χ1v) is 8.04. The van der Waals surface area contributed by atoms with E-state index in [1.165, 1.54) is 6.07 Å². The molecule has 0 radical (unpaired) electrons. The number of aromatic nitrogens is 4. The normalized spacial score (nSPS) is 11.3. The molecule has 28 heavy (non-hydrogen) atoms. The van der Waals surface area contributed by atoms with Crippen molar-refractivity contribution in [3.8, 4) is 11.3 Å². The second kappa shape index (κ2) is 7.55. The number of alkyl halides is 3. The van der Waals surface area contributed by atoms with Crippen LogP contribution in [-0.2, 0) is 17.5 Å². The summed E-state index contributed by atoms with van der Waals surface area (Å²) >= 11 is 0. The molecule has 0 bridgehead atoms. The van der Waals surface area contributed by atoms with E-state index in [-0.39, 0.29) is 5.69 Å². The van der Waals surface area contributed by atoms with Crippen LogP contribution in [0.15, 0.2) is 42.6 Å². The fourth-order valence-corrected chi connectivity index (χ4v) is 2.29. The number of hydrogen-bond acceptors (Lipinski definition) is 4. The van der Waals surface area contributed by atoms with Crippen molar-refractivity contribution in [2.24, 2.45) is 0 Å². The third kappa shape index (κ3) is 4.55. The lowest BCUT2D eigenvalue weighted by Gasteiger charge is -2.06. The molecule has 2 amide bonds. The standard InChI is InChI=1S/C17H15F3N6O2/c1-10-2-4-11(5-3-10)12-8-13(22-21-12)16(28)24-23-15(27)9-26-7-6-14(25-26)17(18,19)20/h2-8H,9H2,1H3,(H,21,22)(H,23,27)(H,24,28). The molecule has 146 valence electrons. The molecular formula is C17H15F3N6O2. The Balaban J connectivity index is 1.54. The highest BCUT2D eigenvalue weighted by Crippen LogP contribution is 2.27. The maximum Gasteiger partial charge on any atom is 0.435 e. The average Bonchev–Trinajstić information content (AvgIpc) is 3.29. The molecule has 0 aliphatic rings. The molecule has 0 spiro atoms. The predicted octanol–water partition coefficient (Wildman–Crippen LogP) is 2.06. The number of amides is 2. The minimum Gasteiger partial charge on any atom is -0.272 e. The number of nitrogens with one attached hydrogen (secondary N) is 3. The number of halogens is 3. The van der Waals surface area contributed by atoms with Gasteiger partial charge in [0, 0.05) is 11.8 Å². The van der Waals surface area contributed by atoms with E-state index in [1.807, 2.05) is 31.2 Å². The van der Waals surface area contributed by atoms with Crippen LogP contribution in [0.4, 0.5) is 13.2 Å². The fraction of sp³-hybridized carbons (Fsp3) is 0.176. The van der Waals surface area contributed by atoms with E-state index in [4.69, 9.17) is 0 Å². The van der Waals surface area contributed by atoms with E-state index >= 15 is 0 Å². The largest absolute Gasteiger partial charge is 0.435 e. The zero-order valence-electron chi connectivity index (χ0n) is 14.5. The highest BCUT2D eigenvalue weighted by molar-refractivity contribution is 5.94. The second-order valence-corrected chi connectivity index (χ2v) is 5.93. The fourth-order valence-electron chi connectivity index (χ4n) is 2.29. The summed E-state index contributed by atoms with van der Waals surface area (Å²) in [6.45, 7) is 1.46. The summed E-state index contributed by atoms with van der Waals surface area (Å²) in [6.07, 6.45) is -3.57. The maximum atomic E-state index is 12.5. The number of aromatic amines is 1. The summed E-state index contributed by atoms with van der Waals surface area (Å²) in [4.78, 5) is 23.8. The van der Waals surface area contributed by atoms with Crippen molar-refractivity contribution in [3.05, 3.63) is 59.5 Å². The van der Waals surface area contributed by atoms with Gasteiger partial charge in [0.25, 0.3) is 11.8 Å². The van der Waals surface area contributed by atoms with E-state index < -0.39 is 30.2 Å². The summed E-state index contributed by atoms with van der Waals surface area (Å²) in [6, 6.07) is 9.79. The third-order valence-corrected chi connectivity index (χ3v) is 3.72. The summed E-state index contributed by atoms with van der Waals surface area (Å²) in [5, 5.41) is 9.85. The second-order valence-electron chi connectivity index (χ2n) is 5.93. The minimum atomic E-state index is -4.59. The van der Waals surface area contributed by atoms with Crippen molar-refractivity contribution in [1.29, 1.82) is 0 Å². The first-order valence-electron chi connectivity index (χ1n) is 8.04. The first-order chi connectivity index (χ1) is 13.2. The number of carbonyl (C=O) groups is 2. The van der Waals surface area contributed by atoms with Crippen molar-refractivity contribution < 1.29 is 22.8 Å². The molecule has 11 heteroatoms. The van der Waals surface area contributed by atoms with Crippen LogP contribution in [-0.4, -0.2) is 31.8 Å². The number of H-pyrrole nitrogens is 1. The van der Waals surface area contributed by atoms with E-state index in [0.717, 1.165) is 28.1 Å². The SMILES string of the molecule is Cc1ccc(-c2cc(C(=O)NNC(=O)Cn3ccc(C(F)(F)F)n3)[nH]n2)cc1. The van der Waals surface area contributed by atoms with Gasteiger partial charge in [0.15, 0.2) is 5.69 Å². The molecule has 2 aromatic heterocycles. The van der Waals surface area contributed by atoms with Crippen LogP contribution in [0.25, 0.3) is 11.3 Å². The van der Waals surface area contributed by atoms with Gasteiger partial charge in [-0.05, 0) is 19.1 Å². The quantitative estimate of drug-likeness (QED) is 0.591. The van der Waals surface area contributed by atoms with Gasteiger partial charge in [-0.1, -0.05) is 29.8 Å². The highest BCUT2D eigenvalue weighted by atomic mass is 19.4. The van der Waals surface area contributed by atoms with Gasteiger partial charge >= 0.3 is 6.18 Å². The van der Waals surface area contributed by atoms with E-state index in [9.17, 15) is 22.8 Å². The van der Waals surface area contributed by atoms with Gasteiger partial charge in [-0.25, -0.2) is 0 Å². The number of hydrogen-bond donors (Lipinski definition) is 3. The van der Waals surface area contributed by atoms with Crippen LogP contribution in [0.1, 0.15) is 21.7 Å². The highest BCUT2D eigenvalue weighted by Gasteiger charge is 2.33. The average molecular weight is 392 g/mol. The van der Waals surface area contributed by atoms with Gasteiger partial charge in [0.2, 0.25) is 0 Å². The molecule has 2 heterocycles. The number of rotatable bonds is 4. The Hall–Kier alpha value is -3.63. The van der Waals surface area contributed by atoms with Crippen LogP contribution in [0.5, 0.6) is 0 Å². The zero-order valence-corrected chi connectivity index (χ0v) is 14.5. The molecule has 3 rings (SSSR count). The lowest BCUT2D eigenvalue weighted by molar-refractivity contribution is -0.141. The van der Waals surface area contributed by atoms with Crippen molar-refractivity contribution in [2.75, 3.05) is 0 Å². The molecule has 0 saturated carbocycles. The number of hydrazine groups is 1. The predicted molar refractivity (Wildman–Crippen MR) is 91.6 cm³/mol. The van der Waals surface area contributed by atoms with E-state index in [0.29, 0.717) is 5.69 Å². The lowest BCUT2D eigenvalue weighted by atomic mass is 10.1. The molecule has 0 aliphatic heterocycles. The van der Waals surface area contributed by atoms with E-state index in [1.54, 1.807) is 0 Å². The Bertz CT molecular complexity index is 991. The lowest BCUT2D eigenvalue weighted by Crippen LogP contribution is -2.43. The number of aryl methyl sites for hydroxylation is 1. The molecule has 3 aromatic rings. The number of nitrogens with zero attached hydrogens (tertiary/aromatic N) is 3. The zero-order chi connectivity index (χ0) is 20.3. The Morgan fingerprint density at radius 2 is 1.86 bits per heavy atom. The van der Waals surface area contributed by atoms with Gasteiger partial charge < -0.3 is 0 Å². The molecule has 0 aliphatic carbocycles. The van der Waals surface area contributed by atoms with Gasteiger partial charge in [-0.3, -0.25) is 30.2 Å². The minimum absolute atomic E-state index is 0.106. The van der Waals surface area contributed by atoms with Gasteiger partial charge in [0.05, 0.1) is 5.69 Å². The van der Waals surface area contributed by atoms with Crippen molar-refractivity contribution in [1.82, 2.24) is 30.8 Å². The van der Waals surface area contributed by atoms with Gasteiger partial charge in [0.1, 0.15) is 12.2 Å². The van der Waals surface area contributed by atoms with E-state index in [2.05, 4.69) is 26.1 Å². The maximum absolute atomic E-state index is 12.5. The van der Waals surface area contributed by atoms with Crippen molar-refractivity contribution in [2.45, 2.75) is 19.6 Å². The molecule has 0 fully saturated rings. The third-order valence-electron chi connectivity index (χ3n) is 3.72. The van der Waals surface area contributed by atoms with Gasteiger partial charge in [-0.15, -0.1) is 0 Å². The molecule has 0 atom stereocenters. The Morgan fingerprint density at radius 1 is 1.14 bits per heavy atom. The monoisotopic (exact) mass is 392 g/mol. The Kier molecular flexibility index (Phi) is 5.16. The first kappa shape index (κ1) is 19.1. The molecule has 3 N–H and O–H groups in total. The van der Waals surface area contributed by atoms with Crippen molar-refractivity contribution >= 4 is 11.8 Å². The summed E-state index contributed by atoms with van der Waals surface area (Å²) < 4.78 is 38.3. The number of carbonyl (C=O) groups excluding carboxylic acids is 2. The summed E-state index contributed by atoms with van der Waals surface area (Å²) in [5.74, 6) is -1.40. The molecule has 1 aromatic carbocycles. The molecule has 8 nitrogen and oxygen atoms in total. The summed E-state index contributed by atoms with van der Waals surface area (Å²) in [7, 11) is 0. The summed E-state index contributed by atoms with van der Waals surface area (Å²) in [5.41, 5.74) is 5.70. The number of benzene rings is 1. The van der Waals surface area contributed by atoms with Crippen LogP contribution >= 0.6 is 0 Å².